The Morgan fingerprint density at radius 2 is 1.77 bits per heavy atom. The van der Waals surface area contributed by atoms with Crippen molar-refractivity contribution in [2.45, 2.75) is 20.0 Å². The lowest BCUT2D eigenvalue weighted by molar-refractivity contribution is -0.137. The zero-order valence-corrected chi connectivity index (χ0v) is 12.2. The lowest BCUT2D eigenvalue weighted by atomic mass is 10.2. The van der Waals surface area contributed by atoms with E-state index in [1.807, 2.05) is 13.8 Å². The van der Waals surface area contributed by atoms with Crippen molar-refractivity contribution in [3.8, 4) is 0 Å². The van der Waals surface area contributed by atoms with Gasteiger partial charge in [-0.25, -0.2) is 13.8 Å². The first-order valence-electron chi connectivity index (χ1n) is 6.09. The van der Waals surface area contributed by atoms with E-state index in [2.05, 4.69) is 15.3 Å². The molecule has 1 aromatic carbocycles. The van der Waals surface area contributed by atoms with Crippen molar-refractivity contribution in [1.29, 1.82) is 0 Å². The molecule has 0 spiro atoms. The van der Waals surface area contributed by atoms with E-state index < -0.39 is 40.2 Å². The van der Waals surface area contributed by atoms with Crippen LogP contribution >= 0.6 is 11.6 Å². The molecule has 0 amide bonds. The molecule has 0 radical (unpaired) electrons. The Bertz CT molecular complexity index is 646. The summed E-state index contributed by atoms with van der Waals surface area (Å²) in [5.41, 5.74) is -1.74. The minimum atomic E-state index is -4.77. The lowest BCUT2D eigenvalue weighted by Crippen LogP contribution is -2.11. The van der Waals surface area contributed by atoms with Crippen LogP contribution in [0.4, 0.5) is 33.5 Å². The topological polar surface area (TPSA) is 37.8 Å². The van der Waals surface area contributed by atoms with Crippen LogP contribution in [-0.4, -0.2) is 9.97 Å². The van der Waals surface area contributed by atoms with E-state index in [1.165, 1.54) is 0 Å². The molecule has 9 heteroatoms. The van der Waals surface area contributed by atoms with Gasteiger partial charge in [-0.2, -0.15) is 18.2 Å². The molecule has 1 aromatic heterocycles. The molecule has 1 N–H and O–H groups in total. The summed E-state index contributed by atoms with van der Waals surface area (Å²) in [4.78, 5) is 6.55. The fraction of sp³-hybridized carbons (Fsp3) is 0.231. The minimum absolute atomic E-state index is 0.453. The molecule has 120 valence electrons. The van der Waals surface area contributed by atoms with Crippen molar-refractivity contribution in [1.82, 2.24) is 9.97 Å². The van der Waals surface area contributed by atoms with Crippen LogP contribution in [0, 0.1) is 11.6 Å². The zero-order chi connectivity index (χ0) is 16.9. The maximum atomic E-state index is 13.4. The predicted octanol–water partition coefficient (Wildman–Crippen LogP) is 5.20. The molecule has 0 aliphatic rings. The van der Waals surface area contributed by atoms with Gasteiger partial charge < -0.3 is 5.32 Å². The molecular weight excluding hydrogens is 329 g/mol. The first-order valence-corrected chi connectivity index (χ1v) is 6.47. The fourth-order valence-electron chi connectivity index (χ4n) is 1.38. The molecule has 22 heavy (non-hydrogen) atoms. The van der Waals surface area contributed by atoms with Gasteiger partial charge in [0.1, 0.15) is 23.0 Å². The van der Waals surface area contributed by atoms with Gasteiger partial charge in [0.15, 0.2) is 0 Å². The van der Waals surface area contributed by atoms with E-state index in [0.717, 1.165) is 12.1 Å². The number of hydrogen-bond donors (Lipinski definition) is 1. The molecule has 0 unspecified atom stereocenters. The van der Waals surface area contributed by atoms with E-state index in [9.17, 15) is 22.0 Å². The number of nitrogens with one attached hydrogen (secondary N) is 1. The molecule has 2 aromatic rings. The third-order valence-electron chi connectivity index (χ3n) is 2.25. The van der Waals surface area contributed by atoms with E-state index in [1.54, 1.807) is 0 Å². The van der Waals surface area contributed by atoms with Crippen molar-refractivity contribution in [3.63, 3.8) is 0 Å². The van der Waals surface area contributed by atoms with Gasteiger partial charge in [-0.15, -0.1) is 0 Å². The van der Waals surface area contributed by atoms with Crippen LogP contribution in [0.3, 0.4) is 0 Å². The molecule has 2 rings (SSSR count). The molecule has 1 heterocycles. The maximum Gasteiger partial charge on any atom is 0.421 e. The second kappa shape index (κ2) is 7.35. The van der Waals surface area contributed by atoms with Crippen molar-refractivity contribution in [3.05, 3.63) is 46.9 Å². The molecule has 0 aliphatic carbocycles. The van der Waals surface area contributed by atoms with E-state index in [4.69, 9.17) is 11.6 Å². The summed E-state index contributed by atoms with van der Waals surface area (Å²) in [6.45, 7) is 4.00. The summed E-state index contributed by atoms with van der Waals surface area (Å²) in [6.07, 6.45) is -4.31. The minimum Gasteiger partial charge on any atom is -0.337 e. The normalized spacial score (nSPS) is 10.7. The second-order valence-corrected chi connectivity index (χ2v) is 3.99. The van der Waals surface area contributed by atoms with Crippen LogP contribution in [0.15, 0.2) is 24.4 Å². The Morgan fingerprint density at radius 1 is 1.14 bits per heavy atom. The predicted molar refractivity (Wildman–Crippen MR) is 73.0 cm³/mol. The highest BCUT2D eigenvalue weighted by atomic mass is 35.5. The van der Waals surface area contributed by atoms with Crippen molar-refractivity contribution in [2.75, 3.05) is 5.32 Å². The standard InChI is InChI=1S/C11H5ClF5N3.C2H6/c12-10-18-4-6(11(15,16)17)9(20-10)19-8-3-5(13)1-2-7(8)14;1-2/h1-4H,(H,18,19,20);1-2H3. The van der Waals surface area contributed by atoms with Gasteiger partial charge in [0.2, 0.25) is 5.28 Å². The fourth-order valence-corrected chi connectivity index (χ4v) is 1.52. The first-order chi connectivity index (χ1) is 10.3. The number of rotatable bonds is 2. The average molecular weight is 340 g/mol. The SMILES string of the molecule is CC.Fc1ccc(F)c(Nc2nc(Cl)ncc2C(F)(F)F)c1. The van der Waals surface area contributed by atoms with Crippen LogP contribution in [0.2, 0.25) is 5.28 Å². The summed E-state index contributed by atoms with van der Waals surface area (Å²) in [7, 11) is 0. The number of nitrogens with zero attached hydrogens (tertiary/aromatic N) is 2. The Kier molecular flexibility index (Phi) is 6.04. The monoisotopic (exact) mass is 339 g/mol. The zero-order valence-electron chi connectivity index (χ0n) is 11.5. The molecule has 0 atom stereocenters. The molecule has 0 saturated carbocycles. The highest BCUT2D eigenvalue weighted by molar-refractivity contribution is 6.28. The van der Waals surface area contributed by atoms with Crippen molar-refractivity contribution >= 4 is 23.1 Å². The smallest absolute Gasteiger partial charge is 0.337 e. The summed E-state index contributed by atoms with van der Waals surface area (Å²) < 4.78 is 64.6. The Morgan fingerprint density at radius 3 is 2.36 bits per heavy atom. The Balaban J connectivity index is 0.00000116. The number of benzene rings is 1. The van der Waals surface area contributed by atoms with Gasteiger partial charge in [-0.3, -0.25) is 0 Å². The van der Waals surface area contributed by atoms with Crippen LogP contribution in [-0.2, 0) is 6.18 Å². The highest BCUT2D eigenvalue weighted by Gasteiger charge is 2.35. The molecule has 0 aliphatic heterocycles. The quantitative estimate of drug-likeness (QED) is 0.604. The summed E-state index contributed by atoms with van der Waals surface area (Å²) in [5, 5.41) is 1.60. The van der Waals surface area contributed by atoms with Crippen LogP contribution in [0.5, 0.6) is 0 Å². The Hall–Kier alpha value is -1.96. The molecular formula is C13H11ClF5N3. The number of anilines is 2. The van der Waals surface area contributed by atoms with Gasteiger partial charge in [-0.05, 0) is 23.7 Å². The molecule has 3 nitrogen and oxygen atoms in total. The maximum absolute atomic E-state index is 13.4. The van der Waals surface area contributed by atoms with E-state index in [-0.39, 0.29) is 0 Å². The van der Waals surface area contributed by atoms with Gasteiger partial charge in [-0.1, -0.05) is 13.8 Å². The van der Waals surface area contributed by atoms with Gasteiger partial charge >= 0.3 is 6.18 Å². The van der Waals surface area contributed by atoms with Crippen LogP contribution in [0.1, 0.15) is 19.4 Å². The Labute approximate surface area is 128 Å². The van der Waals surface area contributed by atoms with Crippen molar-refractivity contribution in [2.24, 2.45) is 0 Å². The third-order valence-corrected chi connectivity index (χ3v) is 2.43. The van der Waals surface area contributed by atoms with Gasteiger partial charge in [0.05, 0.1) is 5.69 Å². The number of hydrogen-bond acceptors (Lipinski definition) is 3. The largest absolute Gasteiger partial charge is 0.421 e. The number of alkyl halides is 3. The highest BCUT2D eigenvalue weighted by Crippen LogP contribution is 2.35. The summed E-state index contributed by atoms with van der Waals surface area (Å²) in [5.74, 6) is -2.51. The molecule has 0 saturated heterocycles. The number of aromatic nitrogens is 2. The van der Waals surface area contributed by atoms with Crippen molar-refractivity contribution < 1.29 is 22.0 Å². The number of halogens is 6. The summed E-state index contributed by atoms with van der Waals surface area (Å²) >= 11 is 5.41. The second-order valence-electron chi connectivity index (χ2n) is 3.65. The molecule has 0 fully saturated rings. The average Bonchev–Trinajstić information content (AvgIpc) is 2.44. The van der Waals surface area contributed by atoms with E-state index >= 15 is 0 Å². The summed E-state index contributed by atoms with van der Waals surface area (Å²) in [6, 6.07) is 2.30. The van der Waals surface area contributed by atoms with Crippen LogP contribution < -0.4 is 5.32 Å². The van der Waals surface area contributed by atoms with Gasteiger partial charge in [0.25, 0.3) is 0 Å². The van der Waals surface area contributed by atoms with E-state index in [0.29, 0.717) is 12.3 Å². The first kappa shape index (κ1) is 18.1. The van der Waals surface area contributed by atoms with Gasteiger partial charge in [0, 0.05) is 12.3 Å². The molecule has 0 bridgehead atoms. The lowest BCUT2D eigenvalue weighted by Gasteiger charge is -2.13. The third kappa shape index (κ3) is 4.52. The van der Waals surface area contributed by atoms with Crippen LogP contribution in [0.25, 0.3) is 0 Å².